The van der Waals surface area contributed by atoms with Crippen LogP contribution in [0, 0.1) is 93.1 Å². The minimum Gasteiger partial charge on any atom is -0.444 e. The van der Waals surface area contributed by atoms with Crippen LogP contribution in [0.25, 0.3) is 0 Å². The molecule has 11 fully saturated rings. The first-order valence-corrected chi connectivity index (χ1v) is 44.1. The molecule has 0 radical (unpaired) electrons. The summed E-state index contributed by atoms with van der Waals surface area (Å²) in [5.74, 6) is 0.325. The Morgan fingerprint density at radius 2 is 0.823 bits per heavy atom. The second-order valence-electron chi connectivity index (χ2n) is 35.6. The monoisotopic (exact) mass is 1770 g/mol. The van der Waals surface area contributed by atoms with E-state index in [1.165, 1.54) is 68.8 Å². The van der Waals surface area contributed by atoms with E-state index in [9.17, 15) is 45.1 Å². The quantitative estimate of drug-likeness (QED) is 0.0281. The normalized spacial score (nSPS) is 22.1. The Labute approximate surface area is 736 Å². The van der Waals surface area contributed by atoms with Crippen molar-refractivity contribution >= 4 is 62.3 Å². The van der Waals surface area contributed by atoms with Gasteiger partial charge in [-0.05, 0) is 198 Å². The van der Waals surface area contributed by atoms with Crippen LogP contribution >= 0.6 is 15.9 Å². The molecule has 5 aromatic carbocycles. The van der Waals surface area contributed by atoms with Crippen molar-refractivity contribution in [3.63, 3.8) is 0 Å². The van der Waals surface area contributed by atoms with E-state index in [4.69, 9.17) is 54.7 Å². The number of anilines is 3. The van der Waals surface area contributed by atoms with E-state index in [1.807, 2.05) is 76.8 Å². The van der Waals surface area contributed by atoms with Crippen LogP contribution in [0.2, 0.25) is 0 Å². The molecule has 11 aliphatic rings. The predicted octanol–water partition coefficient (Wildman–Crippen LogP) is 11.8. The standard InChI is InChI=1S/C24H34N4O3.C19H26N4O.C12H13N3O3.C12H15N3O.C12H19NO3.C8H5BrN2O2.C4H9NO/c1-23(2,3)31-22(29)28-7-6-24(17-28)13-21(14-24)26-20-5-4-18(15-25)19(12-20)16-27-8-10-30-11-9-27;20-12-15-1-2-17(9-16(15)13-23-5-7-24-8-6-23)22-18-10-19(11-18)3-4-21-14-19;13-8-10-1-2-12(15(16)17)7-11(10)9-14-3-5-18-6-4-14;13-8-10-1-2-12(14)7-11(10)9-15-3-5-16-6-4-15;1-11(2,3)16-10(15)13-5-4-12(8-13)6-9(14)7-12;9-4-7-3-8(11(12)13)2-1-6(7)5-10;1-3-6-4-2-5-1/h4-5,12,21,26H,6-11,13-14,16-17H2,1-3H3;1-2,9,18,21-22H,3-8,10-11,13-14H2;1-2,7H,3-6,9H2;1-2,7H,3-6,9,14H2;4-8H2,1-3H3;1-3H,4H2;5H,1-4H2. The van der Waals surface area contributed by atoms with Gasteiger partial charge in [0.15, 0.2) is 0 Å². The molecule has 2 amide bonds. The molecule has 3 saturated carbocycles. The molecule has 124 heavy (non-hydrogen) atoms. The zero-order chi connectivity index (χ0) is 88.9. The van der Waals surface area contributed by atoms with Crippen LogP contribution < -0.4 is 27.0 Å². The summed E-state index contributed by atoms with van der Waals surface area (Å²) in [6, 6.07) is 38.1. The van der Waals surface area contributed by atoms with E-state index in [0.717, 1.165) is 222 Å². The molecule has 32 nitrogen and oxygen atoms in total. The lowest BCUT2D eigenvalue weighted by atomic mass is 9.65. The highest BCUT2D eigenvalue weighted by molar-refractivity contribution is 9.08. The Hall–Kier alpha value is -10.0. The lowest BCUT2D eigenvalue weighted by Crippen LogP contribution is -2.47. The highest BCUT2D eigenvalue weighted by atomic mass is 79.9. The summed E-state index contributed by atoms with van der Waals surface area (Å²) in [7, 11) is 0. The Kier molecular flexibility index (Phi) is 35.9. The Balaban J connectivity index is 0.000000157. The van der Waals surface area contributed by atoms with Gasteiger partial charge in [0, 0.05) is 201 Å². The number of carbonyl (C=O) groups excluding carboxylic acids is 3. The maximum Gasteiger partial charge on any atom is 0.410 e. The van der Waals surface area contributed by atoms with E-state index >= 15 is 0 Å². The molecular formula is C91H121BrN18O14. The number of carbonyl (C=O) groups is 3. The smallest absolute Gasteiger partial charge is 0.410 e. The highest BCUT2D eigenvalue weighted by Gasteiger charge is 2.51. The van der Waals surface area contributed by atoms with Crippen LogP contribution in [-0.2, 0) is 69.5 Å². The number of nitrogen functional groups attached to an aromatic ring is 1. The molecule has 3 aliphatic carbocycles. The maximum absolute atomic E-state index is 12.4. The zero-order valence-corrected chi connectivity index (χ0v) is 74.2. The largest absolute Gasteiger partial charge is 0.444 e. The number of nitrogens with zero attached hydrogens (tertiary/aromatic N) is 13. The first-order valence-electron chi connectivity index (χ1n) is 43.0. The third kappa shape index (κ3) is 29.6. The average molecular weight is 1770 g/mol. The Morgan fingerprint density at radius 3 is 1.17 bits per heavy atom. The minimum absolute atomic E-state index is 0.00782. The number of amides is 2. The van der Waals surface area contributed by atoms with Gasteiger partial charge in [-0.1, -0.05) is 15.9 Å². The van der Waals surface area contributed by atoms with Crippen LogP contribution in [0.5, 0.6) is 0 Å². The number of halogens is 1. The van der Waals surface area contributed by atoms with Gasteiger partial charge in [-0.2, -0.15) is 26.3 Å². The van der Waals surface area contributed by atoms with Gasteiger partial charge in [0.2, 0.25) is 0 Å². The van der Waals surface area contributed by atoms with E-state index in [1.54, 1.807) is 17.0 Å². The van der Waals surface area contributed by atoms with Crippen molar-refractivity contribution in [3.05, 3.63) is 167 Å². The van der Waals surface area contributed by atoms with Crippen LogP contribution in [-0.4, -0.2) is 251 Å². The lowest BCUT2D eigenvalue weighted by Gasteiger charge is -2.45. The number of nitro benzene ring substituents is 2. The fourth-order valence-electron chi connectivity index (χ4n) is 17.1. The summed E-state index contributed by atoms with van der Waals surface area (Å²) in [4.78, 5) is 68.1. The minimum atomic E-state index is -0.479. The Morgan fingerprint density at radius 1 is 0.476 bits per heavy atom. The van der Waals surface area contributed by atoms with Crippen LogP contribution in [0.15, 0.2) is 91.0 Å². The molecule has 0 atom stereocenters. The molecule has 5 aromatic rings. The number of nitro groups is 2. The Bertz CT molecular complexity index is 4610. The van der Waals surface area contributed by atoms with Gasteiger partial charge in [0.05, 0.1) is 134 Å². The molecule has 8 aliphatic heterocycles. The number of alkyl halides is 1. The van der Waals surface area contributed by atoms with Crippen molar-refractivity contribution < 1.29 is 57.4 Å². The third-order valence-electron chi connectivity index (χ3n) is 23.6. The van der Waals surface area contributed by atoms with Crippen molar-refractivity contribution in [3.8, 4) is 30.3 Å². The molecule has 666 valence electrons. The van der Waals surface area contributed by atoms with E-state index in [0.29, 0.717) is 101 Å². The van der Waals surface area contributed by atoms with E-state index in [-0.39, 0.29) is 34.4 Å². The van der Waals surface area contributed by atoms with Crippen LogP contribution in [0.4, 0.5) is 38.0 Å². The molecule has 0 aromatic heterocycles. The van der Waals surface area contributed by atoms with Crippen molar-refractivity contribution in [2.75, 3.05) is 187 Å². The average Bonchev–Trinajstić information content (AvgIpc) is 1.60. The van der Waals surface area contributed by atoms with E-state index in [2.05, 4.69) is 99.3 Å². The van der Waals surface area contributed by atoms with Gasteiger partial charge >= 0.3 is 12.2 Å². The number of hydrogen-bond acceptors (Lipinski definition) is 28. The number of nitrogens with two attached hydrogens (primary N) is 1. The lowest BCUT2D eigenvalue weighted by molar-refractivity contribution is -0.385. The number of nitriles is 5. The number of ketones is 1. The van der Waals surface area contributed by atoms with Gasteiger partial charge in [0.1, 0.15) is 17.0 Å². The van der Waals surface area contributed by atoms with Gasteiger partial charge < -0.3 is 70.0 Å². The first-order chi connectivity index (χ1) is 59.5. The molecule has 0 bridgehead atoms. The van der Waals surface area contributed by atoms with Crippen LogP contribution in [0.1, 0.15) is 155 Å². The number of morpholine rings is 5. The van der Waals surface area contributed by atoms with Crippen molar-refractivity contribution in [2.45, 2.75) is 154 Å². The molecular weight excluding hydrogens is 1650 g/mol. The van der Waals surface area contributed by atoms with Gasteiger partial charge in [-0.15, -0.1) is 0 Å². The maximum atomic E-state index is 12.4. The second kappa shape index (κ2) is 46.3. The first kappa shape index (κ1) is 96.2. The SMILES string of the molecule is C1COCCN1.CC(C)(C)OC(=O)N1CCC2(CC(=O)C2)C1.CC(C)(C)OC(=O)N1CCC2(CC(Nc3ccc(C#N)c(CN4CCOCC4)c3)C2)C1.N#Cc1ccc(N)cc1CN1CCOCC1.N#Cc1ccc(NC2CC3(CCNC3)C2)cc1CN1CCOCC1.N#Cc1ccc([N+](=O)[O-])cc1CBr.N#Cc1ccc([N+](=O)[O-])cc1CN1CCOCC1. The number of likely N-dealkylation sites (tertiary alicyclic amines) is 2. The zero-order valence-electron chi connectivity index (χ0n) is 72.6. The third-order valence-corrected chi connectivity index (χ3v) is 24.2. The topological polar surface area (TPSA) is 415 Å². The van der Waals surface area contributed by atoms with Crippen molar-refractivity contribution in [1.29, 1.82) is 26.3 Å². The number of nitrogens with one attached hydrogen (secondary N) is 4. The highest BCUT2D eigenvalue weighted by Crippen LogP contribution is 2.50. The molecule has 8 heterocycles. The van der Waals surface area contributed by atoms with Gasteiger partial charge in [-0.25, -0.2) is 9.59 Å². The predicted molar refractivity (Wildman–Crippen MR) is 471 cm³/mol. The van der Waals surface area contributed by atoms with Gasteiger partial charge in [0.25, 0.3) is 11.4 Å². The number of benzene rings is 5. The number of ether oxygens (including phenoxy) is 7. The number of non-ortho nitro benzene ring substituents is 2. The van der Waals surface area contributed by atoms with Crippen molar-refractivity contribution in [2.24, 2.45) is 16.2 Å². The number of hydrogen-bond donors (Lipinski definition) is 5. The summed E-state index contributed by atoms with van der Waals surface area (Å²) in [5, 5.41) is 81.1. The number of rotatable bonds is 15. The fourth-order valence-corrected chi connectivity index (χ4v) is 17.6. The number of Topliss-reactive ketones (excluding diaryl/α,β-unsaturated/α-hetero) is 1. The summed E-state index contributed by atoms with van der Waals surface area (Å²) in [6.07, 6.45) is 8.80. The summed E-state index contributed by atoms with van der Waals surface area (Å²) in [6.45, 7) is 36.5. The summed E-state index contributed by atoms with van der Waals surface area (Å²) < 4.78 is 37.2. The molecule has 8 saturated heterocycles. The van der Waals surface area contributed by atoms with Crippen LogP contribution in [0.3, 0.4) is 0 Å². The molecule has 0 unspecified atom stereocenters. The van der Waals surface area contributed by atoms with Gasteiger partial charge in [-0.3, -0.25) is 44.6 Å². The van der Waals surface area contributed by atoms with Crippen molar-refractivity contribution in [1.82, 2.24) is 40.0 Å². The molecule has 6 N–H and O–H groups in total. The summed E-state index contributed by atoms with van der Waals surface area (Å²) >= 11 is 3.16. The fraction of sp³-hybridized carbons (Fsp3) is 0.582. The summed E-state index contributed by atoms with van der Waals surface area (Å²) in [5.41, 5.74) is 16.4. The molecule has 33 heteroatoms. The van der Waals surface area contributed by atoms with E-state index < -0.39 is 21.0 Å². The molecule has 16 rings (SSSR count). The second-order valence-corrected chi connectivity index (χ2v) is 36.1. The molecule has 3 spiro atoms.